The van der Waals surface area contributed by atoms with E-state index in [1.54, 1.807) is 6.07 Å². The van der Waals surface area contributed by atoms with Crippen LogP contribution >= 0.6 is 23.2 Å². The maximum absolute atomic E-state index is 5.92. The van der Waals surface area contributed by atoms with E-state index in [9.17, 15) is 0 Å². The Morgan fingerprint density at radius 1 is 1.17 bits per heavy atom. The van der Waals surface area contributed by atoms with Gasteiger partial charge in [-0.1, -0.05) is 32.4 Å². The van der Waals surface area contributed by atoms with Crippen LogP contribution < -0.4 is 5.73 Å². The van der Waals surface area contributed by atoms with Crippen LogP contribution in [0.15, 0.2) is 12.1 Å². The molecule has 2 aromatic rings. The predicted molar refractivity (Wildman–Crippen MR) is 72.3 cm³/mol. The van der Waals surface area contributed by atoms with E-state index in [1.165, 1.54) is 4.68 Å². The van der Waals surface area contributed by atoms with Gasteiger partial charge >= 0.3 is 0 Å². The van der Waals surface area contributed by atoms with Crippen LogP contribution in [0, 0.1) is 0 Å². The van der Waals surface area contributed by atoms with Crippen molar-refractivity contribution in [2.45, 2.75) is 26.2 Å². The van der Waals surface area contributed by atoms with Gasteiger partial charge in [-0.05, 0) is 11.6 Å². The van der Waals surface area contributed by atoms with Crippen LogP contribution in [0.25, 0.3) is 5.82 Å². The fraction of sp³-hybridized carbons (Fsp3) is 0.364. The molecule has 0 bridgehead atoms. The Kier molecular flexibility index (Phi) is 3.21. The maximum atomic E-state index is 5.92. The Balaban J connectivity index is 2.54. The summed E-state index contributed by atoms with van der Waals surface area (Å²) >= 11 is 11.6. The van der Waals surface area contributed by atoms with E-state index in [2.05, 4.69) is 35.8 Å². The van der Waals surface area contributed by atoms with Crippen LogP contribution in [0.5, 0.6) is 0 Å². The van der Waals surface area contributed by atoms with Gasteiger partial charge in [-0.2, -0.15) is 14.8 Å². The van der Waals surface area contributed by atoms with Crippen LogP contribution in [-0.4, -0.2) is 19.7 Å². The number of aromatic nitrogens is 4. The van der Waals surface area contributed by atoms with Crippen LogP contribution in [-0.2, 0) is 5.41 Å². The van der Waals surface area contributed by atoms with E-state index in [4.69, 9.17) is 28.9 Å². The van der Waals surface area contributed by atoms with E-state index in [1.807, 2.05) is 6.07 Å². The Bertz CT molecular complexity index is 565. The number of hydrogen-bond donors (Lipinski definition) is 1. The first-order valence-electron chi connectivity index (χ1n) is 5.34. The van der Waals surface area contributed by atoms with E-state index < -0.39 is 0 Å². The lowest BCUT2D eigenvalue weighted by Gasteiger charge is -2.13. The molecule has 18 heavy (non-hydrogen) atoms. The van der Waals surface area contributed by atoms with E-state index in [0.717, 1.165) is 5.69 Å². The molecule has 0 aliphatic carbocycles. The highest BCUT2D eigenvalue weighted by Gasteiger charge is 2.20. The summed E-state index contributed by atoms with van der Waals surface area (Å²) in [6.07, 6.45) is 0. The number of nitrogens with two attached hydrogens (primary N) is 1. The fourth-order valence-corrected chi connectivity index (χ4v) is 1.83. The Morgan fingerprint density at radius 3 is 2.33 bits per heavy atom. The minimum atomic E-state index is -0.0972. The van der Waals surface area contributed by atoms with Crippen LogP contribution in [0.4, 0.5) is 5.82 Å². The molecule has 7 heteroatoms. The molecule has 2 heterocycles. The lowest BCUT2D eigenvalue weighted by atomic mass is 9.92. The van der Waals surface area contributed by atoms with Crippen LogP contribution in [0.1, 0.15) is 26.5 Å². The number of anilines is 1. The first kappa shape index (κ1) is 13.1. The third-order valence-corrected chi connectivity index (χ3v) is 2.74. The minimum absolute atomic E-state index is 0.0599. The van der Waals surface area contributed by atoms with Gasteiger partial charge in [-0.3, -0.25) is 0 Å². The number of rotatable bonds is 1. The summed E-state index contributed by atoms with van der Waals surface area (Å²) in [6, 6.07) is 3.37. The van der Waals surface area contributed by atoms with Gasteiger partial charge in [0.25, 0.3) is 0 Å². The van der Waals surface area contributed by atoms with Gasteiger partial charge in [0, 0.05) is 17.5 Å². The average molecular weight is 286 g/mol. The summed E-state index contributed by atoms with van der Waals surface area (Å²) in [4.78, 5) is 7.83. The molecule has 0 radical (unpaired) electrons. The largest absolute Gasteiger partial charge is 0.384 e. The zero-order valence-electron chi connectivity index (χ0n) is 10.3. The molecule has 0 aliphatic rings. The molecule has 0 atom stereocenters. The molecule has 2 N–H and O–H groups in total. The van der Waals surface area contributed by atoms with Gasteiger partial charge in [0.2, 0.25) is 5.28 Å². The van der Waals surface area contributed by atoms with Gasteiger partial charge in [-0.15, -0.1) is 0 Å². The Labute approximate surface area is 115 Å². The van der Waals surface area contributed by atoms with Crippen molar-refractivity contribution in [2.24, 2.45) is 0 Å². The van der Waals surface area contributed by atoms with Crippen molar-refractivity contribution in [3.05, 3.63) is 28.3 Å². The second kappa shape index (κ2) is 4.40. The lowest BCUT2D eigenvalue weighted by molar-refractivity contribution is 0.559. The quantitative estimate of drug-likeness (QED) is 0.646. The van der Waals surface area contributed by atoms with Crippen molar-refractivity contribution in [1.82, 2.24) is 19.7 Å². The van der Waals surface area contributed by atoms with E-state index in [0.29, 0.717) is 11.6 Å². The zero-order chi connectivity index (χ0) is 13.5. The van der Waals surface area contributed by atoms with Crippen molar-refractivity contribution in [3.8, 4) is 5.82 Å². The Hall–Kier alpha value is -1.33. The van der Waals surface area contributed by atoms with Crippen molar-refractivity contribution >= 4 is 29.0 Å². The average Bonchev–Trinajstić information content (AvgIpc) is 2.58. The summed E-state index contributed by atoms with van der Waals surface area (Å²) in [5.74, 6) is 0.929. The molecule has 0 unspecified atom stereocenters. The molecule has 0 aliphatic heterocycles. The molecule has 2 rings (SSSR count). The first-order chi connectivity index (χ1) is 8.27. The fourth-order valence-electron chi connectivity index (χ4n) is 1.43. The second-order valence-electron chi connectivity index (χ2n) is 4.93. The van der Waals surface area contributed by atoms with Crippen molar-refractivity contribution in [1.29, 1.82) is 0 Å². The highest BCUT2D eigenvalue weighted by atomic mass is 35.5. The highest BCUT2D eigenvalue weighted by molar-refractivity contribution is 6.31. The molecule has 0 spiro atoms. The van der Waals surface area contributed by atoms with Crippen molar-refractivity contribution in [3.63, 3.8) is 0 Å². The molecule has 96 valence electrons. The predicted octanol–water partition coefficient (Wildman–Crippen LogP) is 2.85. The molecule has 0 amide bonds. The highest BCUT2D eigenvalue weighted by Crippen LogP contribution is 2.25. The topological polar surface area (TPSA) is 69.6 Å². The third-order valence-electron chi connectivity index (χ3n) is 2.38. The SMILES string of the molecule is CC(C)(C)c1cc(N)n(-c2cc(Cl)nc(Cl)n2)n1. The Morgan fingerprint density at radius 2 is 1.83 bits per heavy atom. The molecule has 0 fully saturated rings. The normalized spacial score (nSPS) is 11.8. The number of hydrogen-bond acceptors (Lipinski definition) is 4. The molecule has 0 saturated heterocycles. The minimum Gasteiger partial charge on any atom is -0.384 e. The molecular formula is C11H13Cl2N5. The molecule has 0 aromatic carbocycles. The smallest absolute Gasteiger partial charge is 0.225 e. The second-order valence-corrected chi connectivity index (χ2v) is 5.66. The molecule has 2 aromatic heterocycles. The summed E-state index contributed by atoms with van der Waals surface area (Å²) in [5, 5.41) is 4.72. The number of nitrogen functional groups attached to an aromatic ring is 1. The monoisotopic (exact) mass is 285 g/mol. The number of halogens is 2. The first-order valence-corrected chi connectivity index (χ1v) is 6.09. The number of nitrogens with zero attached hydrogens (tertiary/aromatic N) is 4. The van der Waals surface area contributed by atoms with Gasteiger partial charge in [0.1, 0.15) is 11.0 Å². The molecular weight excluding hydrogens is 273 g/mol. The summed E-state index contributed by atoms with van der Waals surface area (Å²) in [6.45, 7) is 6.16. The van der Waals surface area contributed by atoms with Gasteiger partial charge in [-0.25, -0.2) is 4.98 Å². The van der Waals surface area contributed by atoms with Crippen molar-refractivity contribution in [2.75, 3.05) is 5.73 Å². The van der Waals surface area contributed by atoms with Gasteiger partial charge in [0.15, 0.2) is 5.82 Å². The summed E-state index contributed by atoms with van der Waals surface area (Å²) < 4.78 is 1.50. The zero-order valence-corrected chi connectivity index (χ0v) is 11.8. The maximum Gasteiger partial charge on any atom is 0.225 e. The van der Waals surface area contributed by atoms with Gasteiger partial charge in [0.05, 0.1) is 5.69 Å². The van der Waals surface area contributed by atoms with Crippen molar-refractivity contribution < 1.29 is 0 Å². The van der Waals surface area contributed by atoms with E-state index >= 15 is 0 Å². The lowest BCUT2D eigenvalue weighted by Crippen LogP contribution is -2.13. The third kappa shape index (κ3) is 2.57. The van der Waals surface area contributed by atoms with Gasteiger partial charge < -0.3 is 5.73 Å². The molecule has 0 saturated carbocycles. The summed E-state index contributed by atoms with van der Waals surface area (Å²) in [5.41, 5.74) is 6.69. The van der Waals surface area contributed by atoms with E-state index in [-0.39, 0.29) is 15.9 Å². The van der Waals surface area contributed by atoms with Crippen LogP contribution in [0.3, 0.4) is 0 Å². The van der Waals surface area contributed by atoms with Crippen LogP contribution in [0.2, 0.25) is 10.4 Å². The summed E-state index contributed by atoms with van der Waals surface area (Å²) in [7, 11) is 0. The standard InChI is InChI=1S/C11H13Cl2N5/c1-11(2,3)6-4-8(14)18(17-6)9-5-7(12)15-10(13)16-9/h4-5H,14H2,1-3H3. The molecule has 5 nitrogen and oxygen atoms in total.